The van der Waals surface area contributed by atoms with Crippen LogP contribution in [-0.2, 0) is 17.6 Å². The van der Waals surface area contributed by atoms with Crippen molar-refractivity contribution < 1.29 is 14.3 Å². The molecule has 1 fully saturated rings. The van der Waals surface area contributed by atoms with E-state index in [9.17, 15) is 9.59 Å². The van der Waals surface area contributed by atoms with Crippen molar-refractivity contribution in [3.05, 3.63) is 32.6 Å². The average Bonchev–Trinajstić information content (AvgIpc) is 3.29. The molecule has 0 radical (unpaired) electrons. The third kappa shape index (κ3) is 3.33. The first-order valence-electron chi connectivity index (χ1n) is 8.45. The Kier molecular flexibility index (Phi) is 4.82. The fraction of sp³-hybridized carbons (Fsp3) is 0.471. The highest BCUT2D eigenvalue weighted by atomic mass is 32.1. The molecule has 4 rings (SSSR count). The minimum Gasteiger partial charge on any atom is -0.378 e. The number of hydrogen-bond acceptors (Lipinski definition) is 6. The average molecular weight is 377 g/mol. The first-order valence-corrected chi connectivity index (χ1v) is 10.1. The van der Waals surface area contributed by atoms with Gasteiger partial charge in [0.2, 0.25) is 0 Å². The lowest BCUT2D eigenvalue weighted by Gasteiger charge is -2.27. The number of nitrogens with one attached hydrogen (secondary N) is 1. The Bertz CT molecular complexity index is 779. The van der Waals surface area contributed by atoms with Crippen LogP contribution in [0.4, 0.5) is 5.00 Å². The smallest absolute Gasteiger partial charge is 0.267 e. The zero-order valence-corrected chi connectivity index (χ0v) is 15.4. The van der Waals surface area contributed by atoms with Gasteiger partial charge in [-0.05, 0) is 31.2 Å². The van der Waals surface area contributed by atoms with Crippen LogP contribution in [0.25, 0.3) is 0 Å². The quantitative estimate of drug-likeness (QED) is 0.893. The molecular formula is C17H19N3O3S2. The number of anilines is 1. The van der Waals surface area contributed by atoms with E-state index < -0.39 is 0 Å². The number of rotatable bonds is 3. The molecule has 1 N–H and O–H groups in total. The number of thiophene rings is 1. The fourth-order valence-electron chi connectivity index (χ4n) is 3.30. The Hall–Kier alpha value is -1.77. The van der Waals surface area contributed by atoms with Gasteiger partial charge >= 0.3 is 0 Å². The highest BCUT2D eigenvalue weighted by Crippen LogP contribution is 2.39. The van der Waals surface area contributed by atoms with Crippen molar-refractivity contribution in [1.82, 2.24) is 9.88 Å². The van der Waals surface area contributed by atoms with E-state index in [2.05, 4.69) is 10.3 Å². The summed E-state index contributed by atoms with van der Waals surface area (Å²) in [4.78, 5) is 33.2. The van der Waals surface area contributed by atoms with Gasteiger partial charge in [-0.25, -0.2) is 0 Å². The molecule has 0 unspecified atom stereocenters. The molecule has 2 aromatic rings. The van der Waals surface area contributed by atoms with Gasteiger partial charge in [-0.1, -0.05) is 0 Å². The Morgan fingerprint density at radius 2 is 2.00 bits per heavy atom. The van der Waals surface area contributed by atoms with E-state index in [1.165, 1.54) is 16.2 Å². The van der Waals surface area contributed by atoms with Crippen LogP contribution >= 0.6 is 22.7 Å². The summed E-state index contributed by atoms with van der Waals surface area (Å²) in [5.74, 6) is -0.181. The van der Waals surface area contributed by atoms with Gasteiger partial charge in [0.1, 0.15) is 9.88 Å². The SMILES string of the molecule is O=C(Nc1sc2c(c1C(=O)N1CCOCC1)CCCC2)c1cncs1. The number of ether oxygens (including phenoxy) is 1. The minimum atomic E-state index is -0.197. The number of aryl methyl sites for hydroxylation is 1. The summed E-state index contributed by atoms with van der Waals surface area (Å²) in [7, 11) is 0. The molecule has 0 aromatic carbocycles. The van der Waals surface area contributed by atoms with Crippen LogP contribution in [0.2, 0.25) is 0 Å². The number of amides is 2. The van der Waals surface area contributed by atoms with Crippen LogP contribution in [0.3, 0.4) is 0 Å². The molecule has 2 amide bonds. The van der Waals surface area contributed by atoms with Crippen molar-refractivity contribution in [2.24, 2.45) is 0 Å². The van der Waals surface area contributed by atoms with Crippen LogP contribution < -0.4 is 5.32 Å². The van der Waals surface area contributed by atoms with Gasteiger partial charge in [0.05, 0.1) is 30.5 Å². The first kappa shape index (κ1) is 16.7. The normalized spacial score (nSPS) is 17.2. The predicted molar refractivity (Wildman–Crippen MR) is 97.8 cm³/mol. The molecule has 1 aliphatic heterocycles. The van der Waals surface area contributed by atoms with Crippen LogP contribution in [0.5, 0.6) is 0 Å². The van der Waals surface area contributed by atoms with Gasteiger partial charge < -0.3 is 15.0 Å². The molecule has 0 bridgehead atoms. The third-order valence-electron chi connectivity index (χ3n) is 4.57. The standard InChI is InChI=1S/C17H19N3O3S2/c21-15(13-9-18-10-24-13)19-16-14(11-3-1-2-4-12(11)25-16)17(22)20-5-7-23-8-6-20/h9-10H,1-8H2,(H,19,21). The molecule has 1 aliphatic carbocycles. The molecule has 1 saturated heterocycles. The van der Waals surface area contributed by atoms with Crippen LogP contribution in [0.1, 0.15) is 43.3 Å². The number of fused-ring (bicyclic) bond motifs is 1. The Labute approximate surface area is 153 Å². The van der Waals surface area contributed by atoms with Crippen molar-refractivity contribution in [3.8, 4) is 0 Å². The van der Waals surface area contributed by atoms with Crippen LogP contribution in [0, 0.1) is 0 Å². The number of morpholine rings is 1. The second-order valence-electron chi connectivity index (χ2n) is 6.14. The van der Waals surface area contributed by atoms with E-state index in [1.807, 2.05) is 4.90 Å². The predicted octanol–water partition coefficient (Wildman–Crippen LogP) is 2.81. The molecule has 0 saturated carbocycles. The number of aromatic nitrogens is 1. The second kappa shape index (κ2) is 7.23. The number of nitrogens with zero attached hydrogens (tertiary/aromatic N) is 2. The van der Waals surface area contributed by atoms with E-state index in [-0.39, 0.29) is 11.8 Å². The summed E-state index contributed by atoms with van der Waals surface area (Å²) in [5.41, 5.74) is 3.46. The molecule has 3 heterocycles. The van der Waals surface area contributed by atoms with Gasteiger partial charge in [-0.3, -0.25) is 14.6 Å². The van der Waals surface area contributed by atoms with Crippen molar-refractivity contribution in [2.45, 2.75) is 25.7 Å². The lowest BCUT2D eigenvalue weighted by Crippen LogP contribution is -2.41. The summed E-state index contributed by atoms with van der Waals surface area (Å²) in [6.45, 7) is 2.35. The van der Waals surface area contributed by atoms with Gasteiger partial charge in [0.25, 0.3) is 11.8 Å². The third-order valence-corrected chi connectivity index (χ3v) is 6.55. The van der Waals surface area contributed by atoms with Gasteiger partial charge in [0.15, 0.2) is 0 Å². The molecular weight excluding hydrogens is 358 g/mol. The maximum absolute atomic E-state index is 13.1. The van der Waals surface area contributed by atoms with E-state index in [0.29, 0.717) is 41.7 Å². The van der Waals surface area contributed by atoms with Crippen molar-refractivity contribution >= 4 is 39.5 Å². The van der Waals surface area contributed by atoms with Gasteiger partial charge in [-0.15, -0.1) is 22.7 Å². The number of thiazole rings is 1. The Balaban J connectivity index is 1.66. The van der Waals surface area contributed by atoms with E-state index in [1.54, 1.807) is 23.0 Å². The first-order chi connectivity index (χ1) is 12.2. The van der Waals surface area contributed by atoms with Crippen LogP contribution in [-0.4, -0.2) is 48.0 Å². The molecule has 0 spiro atoms. The highest BCUT2D eigenvalue weighted by molar-refractivity contribution is 7.17. The van der Waals surface area contributed by atoms with Crippen molar-refractivity contribution in [2.75, 3.05) is 31.6 Å². The topological polar surface area (TPSA) is 71.5 Å². The number of carbonyl (C=O) groups excluding carboxylic acids is 2. The lowest BCUT2D eigenvalue weighted by molar-refractivity contribution is 0.0303. The summed E-state index contributed by atoms with van der Waals surface area (Å²) < 4.78 is 5.36. The summed E-state index contributed by atoms with van der Waals surface area (Å²) in [5, 5.41) is 3.64. The molecule has 0 atom stereocenters. The van der Waals surface area contributed by atoms with Crippen molar-refractivity contribution in [3.63, 3.8) is 0 Å². The fourth-order valence-corrected chi connectivity index (χ4v) is 5.09. The Morgan fingerprint density at radius 1 is 1.20 bits per heavy atom. The van der Waals surface area contributed by atoms with E-state index in [4.69, 9.17) is 4.74 Å². The number of hydrogen-bond donors (Lipinski definition) is 1. The van der Waals surface area contributed by atoms with Gasteiger partial charge in [-0.2, -0.15) is 0 Å². The maximum atomic E-state index is 13.1. The monoisotopic (exact) mass is 377 g/mol. The lowest BCUT2D eigenvalue weighted by atomic mass is 9.95. The molecule has 2 aromatic heterocycles. The molecule has 6 nitrogen and oxygen atoms in total. The highest BCUT2D eigenvalue weighted by Gasteiger charge is 2.30. The number of carbonyl (C=O) groups is 2. The molecule has 8 heteroatoms. The summed E-state index contributed by atoms with van der Waals surface area (Å²) in [6.07, 6.45) is 5.68. The Morgan fingerprint density at radius 3 is 2.76 bits per heavy atom. The van der Waals surface area contributed by atoms with E-state index in [0.717, 1.165) is 31.2 Å². The maximum Gasteiger partial charge on any atom is 0.267 e. The minimum absolute atomic E-state index is 0.0160. The van der Waals surface area contributed by atoms with Crippen LogP contribution in [0.15, 0.2) is 11.7 Å². The zero-order valence-electron chi connectivity index (χ0n) is 13.7. The summed E-state index contributed by atoms with van der Waals surface area (Å²) >= 11 is 2.85. The second-order valence-corrected chi connectivity index (χ2v) is 8.13. The molecule has 2 aliphatic rings. The van der Waals surface area contributed by atoms with Gasteiger partial charge in [0, 0.05) is 18.0 Å². The zero-order chi connectivity index (χ0) is 17.2. The largest absolute Gasteiger partial charge is 0.378 e. The summed E-state index contributed by atoms with van der Waals surface area (Å²) in [6, 6.07) is 0. The van der Waals surface area contributed by atoms with Crippen molar-refractivity contribution in [1.29, 1.82) is 0 Å². The molecule has 25 heavy (non-hydrogen) atoms. The molecule has 132 valence electrons. The van der Waals surface area contributed by atoms with E-state index >= 15 is 0 Å².